The molecule has 0 bridgehead atoms. The van der Waals surface area contributed by atoms with E-state index >= 15 is 0 Å². The third-order valence-electron chi connectivity index (χ3n) is 4.58. The second-order valence-electron chi connectivity index (χ2n) is 6.57. The number of imide groups is 1. The summed E-state index contributed by atoms with van der Waals surface area (Å²) >= 11 is 0. The van der Waals surface area contributed by atoms with Crippen LogP contribution in [-0.2, 0) is 22.2 Å². The Morgan fingerprint density at radius 3 is 2.54 bits per heavy atom. The topological polar surface area (TPSA) is 109 Å². The van der Waals surface area contributed by atoms with Crippen LogP contribution in [0, 0.1) is 20.8 Å². The molecule has 1 unspecified atom stereocenters. The molecule has 3 heterocycles. The third-order valence-corrected chi connectivity index (χ3v) is 4.58. The Morgan fingerprint density at radius 2 is 2.00 bits per heavy atom. The lowest BCUT2D eigenvalue weighted by Gasteiger charge is -2.19. The summed E-state index contributed by atoms with van der Waals surface area (Å²) in [4.78, 5) is 38.3. The van der Waals surface area contributed by atoms with Crippen molar-refractivity contribution in [3.8, 4) is 0 Å². The zero-order valence-electron chi connectivity index (χ0n) is 15.3. The molecule has 3 rings (SSSR count). The molecule has 1 fully saturated rings. The molecular formula is C17H21N5O4. The average molecular weight is 359 g/mol. The van der Waals surface area contributed by atoms with Crippen LogP contribution in [0.2, 0.25) is 0 Å². The molecule has 9 heteroatoms. The maximum Gasteiger partial charge on any atom is 0.325 e. The van der Waals surface area contributed by atoms with E-state index in [1.165, 1.54) is 0 Å². The van der Waals surface area contributed by atoms with E-state index in [0.29, 0.717) is 22.9 Å². The number of carbonyl (C=O) groups is 3. The highest BCUT2D eigenvalue weighted by Crippen LogP contribution is 2.30. The first kappa shape index (κ1) is 17.7. The highest BCUT2D eigenvalue weighted by atomic mass is 16.3. The van der Waals surface area contributed by atoms with E-state index in [2.05, 4.69) is 15.7 Å². The first-order chi connectivity index (χ1) is 12.1. The summed E-state index contributed by atoms with van der Waals surface area (Å²) in [5, 5.41) is 9.54. The van der Waals surface area contributed by atoms with E-state index in [0.717, 1.165) is 10.6 Å². The van der Waals surface area contributed by atoms with Crippen molar-refractivity contribution >= 4 is 23.5 Å². The van der Waals surface area contributed by atoms with Crippen molar-refractivity contribution in [1.82, 2.24) is 20.0 Å². The van der Waals surface area contributed by atoms with Gasteiger partial charge >= 0.3 is 6.03 Å². The zero-order chi connectivity index (χ0) is 19.2. The van der Waals surface area contributed by atoms with Crippen LogP contribution < -0.4 is 10.6 Å². The smallest absolute Gasteiger partial charge is 0.325 e. The zero-order valence-corrected chi connectivity index (χ0v) is 15.3. The highest BCUT2D eigenvalue weighted by Gasteiger charge is 2.51. The second kappa shape index (κ2) is 6.01. The van der Waals surface area contributed by atoms with Crippen molar-refractivity contribution < 1.29 is 18.8 Å². The van der Waals surface area contributed by atoms with Gasteiger partial charge in [-0.2, -0.15) is 5.10 Å². The standard InChI is InChI=1S/C17H21N5O4/c1-9-6-7-12(26-9)17(4)15(24)22(16(25)19-17)8-13(23)18-14-10(2)20-21(5)11(14)3/h6-7H,8H2,1-5H3,(H,18,23)(H,19,25). The molecule has 0 radical (unpaired) electrons. The lowest BCUT2D eigenvalue weighted by Crippen LogP contribution is -2.42. The summed E-state index contributed by atoms with van der Waals surface area (Å²) in [5.41, 5.74) is 0.690. The number of anilines is 1. The van der Waals surface area contributed by atoms with Crippen LogP contribution in [0.3, 0.4) is 0 Å². The van der Waals surface area contributed by atoms with Gasteiger partial charge in [0.25, 0.3) is 5.91 Å². The molecule has 2 aromatic rings. The Morgan fingerprint density at radius 1 is 1.31 bits per heavy atom. The number of amides is 4. The summed E-state index contributed by atoms with van der Waals surface area (Å²) in [6, 6.07) is 2.71. The molecule has 138 valence electrons. The number of aryl methyl sites for hydroxylation is 3. The van der Waals surface area contributed by atoms with E-state index in [9.17, 15) is 14.4 Å². The van der Waals surface area contributed by atoms with Crippen molar-refractivity contribution in [2.24, 2.45) is 7.05 Å². The van der Waals surface area contributed by atoms with Crippen LogP contribution in [-0.4, -0.2) is 39.1 Å². The predicted octanol–water partition coefficient (Wildman–Crippen LogP) is 1.34. The van der Waals surface area contributed by atoms with E-state index < -0.39 is 29.9 Å². The number of urea groups is 1. The van der Waals surface area contributed by atoms with E-state index in [1.807, 2.05) is 6.92 Å². The van der Waals surface area contributed by atoms with Crippen molar-refractivity contribution in [2.75, 3.05) is 11.9 Å². The lowest BCUT2D eigenvalue weighted by atomic mass is 9.99. The Hall–Kier alpha value is -3.10. The van der Waals surface area contributed by atoms with Crippen LogP contribution in [0.15, 0.2) is 16.5 Å². The van der Waals surface area contributed by atoms with Gasteiger partial charge in [-0.05, 0) is 39.8 Å². The molecule has 2 N–H and O–H groups in total. The first-order valence-corrected chi connectivity index (χ1v) is 8.14. The quantitative estimate of drug-likeness (QED) is 0.801. The molecule has 0 aliphatic carbocycles. The van der Waals surface area contributed by atoms with Crippen molar-refractivity contribution in [1.29, 1.82) is 0 Å². The maximum atomic E-state index is 12.8. The van der Waals surface area contributed by atoms with Crippen LogP contribution in [0.5, 0.6) is 0 Å². The fraction of sp³-hybridized carbons (Fsp3) is 0.412. The fourth-order valence-electron chi connectivity index (χ4n) is 2.99. The Balaban J connectivity index is 1.76. The largest absolute Gasteiger partial charge is 0.463 e. The van der Waals surface area contributed by atoms with Crippen molar-refractivity contribution in [3.05, 3.63) is 35.0 Å². The molecule has 26 heavy (non-hydrogen) atoms. The average Bonchev–Trinajstić information content (AvgIpc) is 3.17. The van der Waals surface area contributed by atoms with Crippen LogP contribution in [0.4, 0.5) is 10.5 Å². The maximum absolute atomic E-state index is 12.8. The molecule has 0 spiro atoms. The van der Waals surface area contributed by atoms with Gasteiger partial charge in [-0.1, -0.05) is 0 Å². The van der Waals surface area contributed by atoms with Crippen LogP contribution in [0.1, 0.15) is 29.8 Å². The molecule has 1 aliphatic rings. The third kappa shape index (κ3) is 2.75. The number of hydrogen-bond donors (Lipinski definition) is 2. The summed E-state index contributed by atoms with van der Waals surface area (Å²) in [7, 11) is 1.77. The summed E-state index contributed by atoms with van der Waals surface area (Å²) in [6.45, 7) is 6.50. The van der Waals surface area contributed by atoms with E-state index in [4.69, 9.17) is 4.42 Å². The normalized spacial score (nSPS) is 19.8. The van der Waals surface area contributed by atoms with Crippen LogP contribution >= 0.6 is 0 Å². The van der Waals surface area contributed by atoms with Gasteiger partial charge in [-0.3, -0.25) is 19.2 Å². The Bertz CT molecular complexity index is 912. The van der Waals surface area contributed by atoms with Gasteiger partial charge in [-0.15, -0.1) is 0 Å². The highest BCUT2D eigenvalue weighted by molar-refractivity contribution is 6.10. The van der Waals surface area contributed by atoms with Gasteiger partial charge in [-0.25, -0.2) is 4.79 Å². The lowest BCUT2D eigenvalue weighted by molar-refractivity contribution is -0.134. The Kier molecular flexibility index (Phi) is 4.09. The van der Waals surface area contributed by atoms with Gasteiger partial charge in [0.05, 0.1) is 17.1 Å². The first-order valence-electron chi connectivity index (χ1n) is 8.14. The summed E-state index contributed by atoms with van der Waals surface area (Å²) in [5.74, 6) is -0.0589. The summed E-state index contributed by atoms with van der Waals surface area (Å²) in [6.07, 6.45) is 0. The molecule has 9 nitrogen and oxygen atoms in total. The molecular weight excluding hydrogens is 338 g/mol. The molecule has 1 atom stereocenters. The van der Waals surface area contributed by atoms with Gasteiger partial charge < -0.3 is 15.1 Å². The number of furan rings is 1. The van der Waals surface area contributed by atoms with E-state index in [-0.39, 0.29) is 0 Å². The second-order valence-corrected chi connectivity index (χ2v) is 6.57. The number of rotatable bonds is 4. The number of carbonyl (C=O) groups excluding carboxylic acids is 3. The number of aromatic nitrogens is 2. The van der Waals surface area contributed by atoms with Crippen molar-refractivity contribution in [2.45, 2.75) is 33.2 Å². The molecule has 1 aliphatic heterocycles. The van der Waals surface area contributed by atoms with Gasteiger partial charge in [0, 0.05) is 7.05 Å². The number of hydrogen-bond acceptors (Lipinski definition) is 5. The molecule has 0 aromatic carbocycles. The molecule has 0 saturated carbocycles. The fourth-order valence-corrected chi connectivity index (χ4v) is 2.99. The van der Waals surface area contributed by atoms with E-state index in [1.54, 1.807) is 44.6 Å². The minimum atomic E-state index is -1.33. The monoisotopic (exact) mass is 359 g/mol. The van der Waals surface area contributed by atoms with Gasteiger partial charge in [0.2, 0.25) is 5.91 Å². The minimum Gasteiger partial charge on any atom is -0.463 e. The summed E-state index contributed by atoms with van der Waals surface area (Å²) < 4.78 is 7.15. The predicted molar refractivity (Wildman–Crippen MR) is 92.4 cm³/mol. The number of nitrogens with zero attached hydrogens (tertiary/aromatic N) is 3. The molecule has 4 amide bonds. The SMILES string of the molecule is Cc1ccc(C2(C)NC(=O)N(CC(=O)Nc3c(C)nn(C)c3C)C2=O)o1. The number of nitrogens with one attached hydrogen (secondary N) is 2. The van der Waals surface area contributed by atoms with Gasteiger partial charge in [0.15, 0.2) is 5.54 Å². The molecule has 1 saturated heterocycles. The van der Waals surface area contributed by atoms with Gasteiger partial charge in [0.1, 0.15) is 18.1 Å². The minimum absolute atomic E-state index is 0.329. The van der Waals surface area contributed by atoms with Crippen molar-refractivity contribution in [3.63, 3.8) is 0 Å². The molecule has 2 aromatic heterocycles. The van der Waals surface area contributed by atoms with Crippen LogP contribution in [0.25, 0.3) is 0 Å². The Labute approximate surface area is 150 Å².